The van der Waals surface area contributed by atoms with Crippen molar-refractivity contribution in [1.82, 2.24) is 10.6 Å². The summed E-state index contributed by atoms with van der Waals surface area (Å²) in [5, 5.41) is 64.2. The number of benzene rings is 6. The van der Waals surface area contributed by atoms with E-state index >= 15 is 0 Å². The molecule has 12 N–H and O–H groups in total. The van der Waals surface area contributed by atoms with E-state index < -0.39 is 59.0 Å². The van der Waals surface area contributed by atoms with Gasteiger partial charge in [0.15, 0.2) is 11.2 Å². The van der Waals surface area contributed by atoms with E-state index in [9.17, 15) is 59.4 Å². The van der Waals surface area contributed by atoms with Crippen molar-refractivity contribution >= 4 is 35.7 Å². The lowest BCUT2D eigenvalue weighted by molar-refractivity contribution is -0.140. The van der Waals surface area contributed by atoms with Gasteiger partial charge >= 0.3 is 23.9 Å². The van der Waals surface area contributed by atoms with Gasteiger partial charge in [-0.2, -0.15) is 0 Å². The number of phenols is 4. The number of phenolic OH excluding ortho intramolecular Hbond substituents is 4. The Kier molecular flexibility index (Phi) is 13.3. The number of ether oxygens (including phenoxy) is 4. The van der Waals surface area contributed by atoms with Crippen LogP contribution in [-0.2, 0) is 30.3 Å². The standard InChI is InChI=1S/2C27H24N2O8/c28-10-2-1-3-21(25(33)34)29-24(32)14-4-7-18-17(11-14)26(35)37-27(18)19-8-5-15(30)12-22(19)36-23-13-16(31)6-9-20(23)27;28-10-2-1-3-21(25(33)34)29-24(32)14-4-7-17-20(11-14)27(37-26(17)35)18-8-5-15(30)12-22(18)36-23-13-16(31)6-9-19(23)27/h2*4-9,11-13,21,30-31H,1-3,10,28H2,(H,29,32)(H,33,34). The highest BCUT2D eigenvalue weighted by atomic mass is 16.6. The normalized spacial score (nSPS) is 15.1. The van der Waals surface area contributed by atoms with Crippen molar-refractivity contribution in [3.05, 3.63) is 165 Å². The average molecular weight is 1010 g/mol. The lowest BCUT2D eigenvalue weighted by atomic mass is 9.77. The second-order valence-electron chi connectivity index (χ2n) is 17.9. The number of aromatic hydroxyl groups is 4. The molecule has 6 aromatic rings. The Bertz CT molecular complexity index is 3200. The molecule has 74 heavy (non-hydrogen) atoms. The first-order chi connectivity index (χ1) is 35.5. The number of esters is 2. The van der Waals surface area contributed by atoms with Crippen LogP contribution < -0.4 is 31.6 Å². The molecule has 0 radical (unpaired) electrons. The molecule has 2 atom stereocenters. The first-order valence-electron chi connectivity index (χ1n) is 23.4. The Morgan fingerprint density at radius 2 is 0.824 bits per heavy atom. The molecular weight excluding hydrogens is 961 g/mol. The molecule has 20 heteroatoms. The van der Waals surface area contributed by atoms with Gasteiger partial charge in [-0.25, -0.2) is 19.2 Å². The van der Waals surface area contributed by atoms with E-state index in [2.05, 4.69) is 10.6 Å². The van der Waals surface area contributed by atoms with Crippen molar-refractivity contribution in [2.75, 3.05) is 13.1 Å². The van der Waals surface area contributed by atoms with Gasteiger partial charge in [0.1, 0.15) is 58.1 Å². The molecule has 6 aromatic carbocycles. The Balaban J connectivity index is 0.000000182. The van der Waals surface area contributed by atoms with E-state index in [1.54, 1.807) is 30.3 Å². The summed E-state index contributed by atoms with van der Waals surface area (Å²) in [5.74, 6) is -4.30. The van der Waals surface area contributed by atoms with Crippen molar-refractivity contribution in [3.8, 4) is 46.0 Å². The molecule has 0 aromatic heterocycles. The third-order valence-corrected chi connectivity index (χ3v) is 13.2. The third kappa shape index (κ3) is 8.85. The number of aliphatic carboxylic acids is 2. The maximum absolute atomic E-state index is 13.2. The Morgan fingerprint density at radius 1 is 0.459 bits per heavy atom. The summed E-state index contributed by atoms with van der Waals surface area (Å²) in [4.78, 5) is 75.5. The molecule has 380 valence electrons. The zero-order valence-electron chi connectivity index (χ0n) is 39.1. The molecule has 2 spiro atoms. The van der Waals surface area contributed by atoms with Gasteiger partial charge in [0.05, 0.1) is 11.1 Å². The number of nitrogens with one attached hydrogen (secondary N) is 2. The summed E-state index contributed by atoms with van der Waals surface area (Å²) in [6.45, 7) is 0.842. The minimum Gasteiger partial charge on any atom is -0.508 e. The molecule has 0 bridgehead atoms. The lowest BCUT2D eigenvalue weighted by Gasteiger charge is -2.36. The van der Waals surface area contributed by atoms with Gasteiger partial charge in [-0.05, 0) is 130 Å². The van der Waals surface area contributed by atoms with Crippen LogP contribution >= 0.6 is 0 Å². The smallest absolute Gasteiger partial charge is 0.340 e. The third-order valence-electron chi connectivity index (χ3n) is 13.2. The Hall–Kier alpha value is -9.14. The molecule has 0 saturated carbocycles. The van der Waals surface area contributed by atoms with Crippen molar-refractivity contribution in [2.24, 2.45) is 11.5 Å². The Labute approximate surface area is 420 Å². The molecule has 4 aliphatic rings. The van der Waals surface area contributed by atoms with Gasteiger partial charge in [0.25, 0.3) is 11.8 Å². The zero-order valence-corrected chi connectivity index (χ0v) is 39.1. The second-order valence-corrected chi connectivity index (χ2v) is 17.9. The quantitative estimate of drug-likeness (QED) is 0.0445. The molecule has 4 aliphatic heterocycles. The van der Waals surface area contributed by atoms with Crippen LogP contribution in [0, 0.1) is 0 Å². The molecule has 20 nitrogen and oxygen atoms in total. The second kappa shape index (κ2) is 19.8. The van der Waals surface area contributed by atoms with E-state index in [0.29, 0.717) is 72.2 Å². The van der Waals surface area contributed by atoms with Gasteiger partial charge in [-0.15, -0.1) is 0 Å². The fourth-order valence-electron chi connectivity index (χ4n) is 9.67. The van der Waals surface area contributed by atoms with Crippen molar-refractivity contribution < 1.29 is 78.4 Å². The van der Waals surface area contributed by atoms with Crippen molar-refractivity contribution in [3.63, 3.8) is 0 Å². The summed E-state index contributed by atoms with van der Waals surface area (Å²) in [6, 6.07) is 24.2. The number of rotatable bonds is 14. The number of fused-ring (bicyclic) bond motifs is 12. The number of carbonyl (C=O) groups excluding carboxylic acids is 4. The van der Waals surface area contributed by atoms with Gasteiger partial charge in [0.2, 0.25) is 0 Å². The molecule has 2 amide bonds. The van der Waals surface area contributed by atoms with Gasteiger partial charge in [0, 0.05) is 68.8 Å². The average Bonchev–Trinajstić information content (AvgIpc) is 3.82. The zero-order chi connectivity index (χ0) is 52.6. The molecule has 0 fully saturated rings. The summed E-state index contributed by atoms with van der Waals surface area (Å²) >= 11 is 0. The van der Waals surface area contributed by atoms with Crippen LogP contribution in [0.3, 0.4) is 0 Å². The number of hydrogen-bond acceptors (Lipinski definition) is 16. The highest BCUT2D eigenvalue weighted by Crippen LogP contribution is 2.59. The topological polar surface area (TPSA) is 337 Å². The predicted octanol–water partition coefficient (Wildman–Crippen LogP) is 5.96. The minimum atomic E-state index is -1.53. The van der Waals surface area contributed by atoms with E-state index in [4.69, 9.17) is 30.4 Å². The fourth-order valence-corrected chi connectivity index (χ4v) is 9.67. The van der Waals surface area contributed by atoms with Crippen molar-refractivity contribution in [2.45, 2.75) is 61.8 Å². The number of amides is 2. The number of carbonyl (C=O) groups is 6. The van der Waals surface area contributed by atoms with E-state index in [1.807, 2.05) is 0 Å². The van der Waals surface area contributed by atoms with Crippen LogP contribution in [0.25, 0.3) is 0 Å². The van der Waals surface area contributed by atoms with Crippen LogP contribution in [0.5, 0.6) is 46.0 Å². The summed E-state index contributed by atoms with van der Waals surface area (Å²) in [7, 11) is 0. The van der Waals surface area contributed by atoms with Crippen molar-refractivity contribution in [1.29, 1.82) is 0 Å². The van der Waals surface area contributed by atoms with E-state index in [0.717, 1.165) is 0 Å². The maximum atomic E-state index is 13.2. The SMILES string of the molecule is NCCCCC(NC(=O)c1ccc2c(c1)C(=O)OC21c2ccc(O)cc2Oc2cc(O)ccc21)C(=O)O.NCCCCC(NC(=O)c1ccc2c(c1)C1(OC2=O)c2ccc(O)cc2Oc2cc(O)ccc21)C(=O)O. The summed E-state index contributed by atoms with van der Waals surface area (Å²) in [6.07, 6.45) is 2.79. The maximum Gasteiger partial charge on any atom is 0.340 e. The molecule has 0 saturated heterocycles. The molecule has 0 aliphatic carbocycles. The van der Waals surface area contributed by atoms with Crippen LogP contribution in [0.1, 0.15) is 113 Å². The minimum absolute atomic E-state index is 0.0616. The highest BCUT2D eigenvalue weighted by Gasteiger charge is 2.55. The fraction of sp³-hybridized carbons (Fsp3) is 0.222. The number of nitrogens with two attached hydrogens (primary N) is 2. The van der Waals surface area contributed by atoms with E-state index in [-0.39, 0.29) is 81.1 Å². The van der Waals surface area contributed by atoms with Crippen LogP contribution in [0.4, 0.5) is 0 Å². The van der Waals surface area contributed by atoms with Gasteiger partial charge in [-0.1, -0.05) is 6.07 Å². The van der Waals surface area contributed by atoms with E-state index in [1.165, 1.54) is 78.9 Å². The monoisotopic (exact) mass is 1010 g/mol. The summed E-state index contributed by atoms with van der Waals surface area (Å²) < 4.78 is 23.8. The largest absolute Gasteiger partial charge is 0.508 e. The van der Waals surface area contributed by atoms with Crippen LogP contribution in [0.2, 0.25) is 0 Å². The summed E-state index contributed by atoms with van der Waals surface area (Å²) in [5.41, 5.74) is 11.1. The first kappa shape index (κ1) is 49.8. The lowest BCUT2D eigenvalue weighted by Crippen LogP contribution is -2.41. The molecule has 2 unspecified atom stereocenters. The predicted molar refractivity (Wildman–Crippen MR) is 260 cm³/mol. The first-order valence-corrected chi connectivity index (χ1v) is 23.4. The number of carboxylic acids is 2. The number of hydrogen-bond donors (Lipinski definition) is 10. The van der Waals surface area contributed by atoms with Gasteiger partial charge in [-0.3, -0.25) is 9.59 Å². The number of carboxylic acid groups (broad SMARTS) is 2. The van der Waals surface area contributed by atoms with Crippen LogP contribution in [-0.4, -0.2) is 91.5 Å². The number of unbranched alkanes of at least 4 members (excludes halogenated alkanes) is 2. The van der Waals surface area contributed by atoms with Gasteiger partial charge < -0.3 is 71.7 Å². The highest BCUT2D eigenvalue weighted by molar-refractivity contribution is 6.03. The molecule has 4 heterocycles. The Morgan fingerprint density at radius 3 is 1.23 bits per heavy atom. The van der Waals surface area contributed by atoms with Crippen LogP contribution in [0.15, 0.2) is 109 Å². The molecular formula is C54H48N4O16. The molecule has 10 rings (SSSR count).